The molecule has 1 unspecified atom stereocenters. The van der Waals surface area contributed by atoms with E-state index >= 15 is 0 Å². The molecular weight excluding hydrogens is 220 g/mol. The molecule has 1 heterocycles. The van der Waals surface area contributed by atoms with Crippen LogP contribution in [0.15, 0.2) is 18.2 Å². The van der Waals surface area contributed by atoms with Gasteiger partial charge in [0.05, 0.1) is 0 Å². The third-order valence-electron chi connectivity index (χ3n) is 3.47. The maximum absolute atomic E-state index is 13.3. The number of hydrogen-bond acceptors (Lipinski definition) is 1. The van der Waals surface area contributed by atoms with E-state index < -0.39 is 11.6 Å². The van der Waals surface area contributed by atoms with E-state index in [9.17, 15) is 8.78 Å². The molecule has 1 aliphatic heterocycles. The number of halogens is 2. The van der Waals surface area contributed by atoms with Crippen LogP contribution in [0.3, 0.4) is 0 Å². The Hall–Kier alpha value is -0.960. The first-order chi connectivity index (χ1) is 8.03. The maximum Gasteiger partial charge on any atom is 0.159 e. The number of rotatable bonds is 3. The summed E-state index contributed by atoms with van der Waals surface area (Å²) in [4.78, 5) is 0. The van der Waals surface area contributed by atoms with E-state index in [0.29, 0.717) is 5.92 Å². The molecule has 0 bridgehead atoms. The van der Waals surface area contributed by atoms with Gasteiger partial charge in [-0.25, -0.2) is 8.78 Å². The van der Waals surface area contributed by atoms with Gasteiger partial charge in [0.25, 0.3) is 0 Å². The highest BCUT2D eigenvalue weighted by Gasteiger charge is 2.36. The number of hydrogen-bond donors (Lipinski definition) is 1. The molecule has 0 aromatic heterocycles. The van der Waals surface area contributed by atoms with Crippen molar-refractivity contribution >= 4 is 0 Å². The van der Waals surface area contributed by atoms with E-state index in [1.54, 1.807) is 6.07 Å². The second kappa shape index (κ2) is 4.73. The lowest BCUT2D eigenvalue weighted by Gasteiger charge is -2.32. The molecule has 17 heavy (non-hydrogen) atoms. The van der Waals surface area contributed by atoms with Crippen molar-refractivity contribution in [2.75, 3.05) is 6.54 Å². The minimum absolute atomic E-state index is 0.164. The van der Waals surface area contributed by atoms with Crippen LogP contribution in [0.4, 0.5) is 8.78 Å². The highest BCUT2D eigenvalue weighted by molar-refractivity contribution is 5.27. The van der Waals surface area contributed by atoms with Crippen molar-refractivity contribution in [2.45, 2.75) is 38.6 Å². The lowest BCUT2D eigenvalue weighted by atomic mass is 9.81. The van der Waals surface area contributed by atoms with Crippen molar-refractivity contribution in [3.8, 4) is 0 Å². The average molecular weight is 239 g/mol. The molecule has 0 saturated carbocycles. The van der Waals surface area contributed by atoms with Crippen molar-refractivity contribution in [3.63, 3.8) is 0 Å². The summed E-state index contributed by atoms with van der Waals surface area (Å²) in [6, 6.07) is 4.28. The molecule has 1 saturated heterocycles. The van der Waals surface area contributed by atoms with Gasteiger partial charge in [0.1, 0.15) is 0 Å². The average Bonchev–Trinajstić information content (AvgIpc) is 2.70. The number of benzene rings is 1. The number of nitrogens with one attached hydrogen (secondary N) is 1. The monoisotopic (exact) mass is 239 g/mol. The Morgan fingerprint density at radius 2 is 2.06 bits per heavy atom. The first-order valence-corrected chi connectivity index (χ1v) is 6.24. The molecule has 2 rings (SSSR count). The van der Waals surface area contributed by atoms with Gasteiger partial charge in [-0.05, 0) is 49.4 Å². The van der Waals surface area contributed by atoms with Crippen molar-refractivity contribution < 1.29 is 8.78 Å². The lowest BCUT2D eigenvalue weighted by Crippen LogP contribution is -2.38. The predicted molar refractivity (Wildman–Crippen MR) is 64.7 cm³/mol. The zero-order chi connectivity index (χ0) is 12.5. The zero-order valence-electron chi connectivity index (χ0n) is 10.4. The molecule has 1 fully saturated rings. The minimum atomic E-state index is -0.772. The van der Waals surface area contributed by atoms with Gasteiger partial charge < -0.3 is 5.32 Å². The van der Waals surface area contributed by atoms with Gasteiger partial charge in [-0.2, -0.15) is 0 Å². The van der Waals surface area contributed by atoms with Crippen LogP contribution in [0, 0.1) is 17.6 Å². The molecule has 1 aromatic carbocycles. The molecule has 0 amide bonds. The Bertz CT molecular complexity index is 395. The molecule has 3 heteroatoms. The molecule has 94 valence electrons. The predicted octanol–water partition coefficient (Wildman–Crippen LogP) is 3.59. The van der Waals surface area contributed by atoms with E-state index in [1.165, 1.54) is 12.1 Å². The third kappa shape index (κ3) is 2.49. The van der Waals surface area contributed by atoms with Crippen molar-refractivity contribution in [1.82, 2.24) is 5.32 Å². The van der Waals surface area contributed by atoms with Gasteiger partial charge >= 0.3 is 0 Å². The molecule has 1 atom stereocenters. The Morgan fingerprint density at radius 3 is 2.59 bits per heavy atom. The van der Waals surface area contributed by atoms with Gasteiger partial charge in [-0.3, -0.25) is 0 Å². The third-order valence-corrected chi connectivity index (χ3v) is 3.47. The molecule has 1 aliphatic rings. The fourth-order valence-electron chi connectivity index (χ4n) is 2.84. The van der Waals surface area contributed by atoms with Crippen molar-refractivity contribution in [3.05, 3.63) is 35.4 Å². The molecular formula is C14H19F2N. The van der Waals surface area contributed by atoms with Crippen LogP contribution in [-0.2, 0) is 5.54 Å². The van der Waals surface area contributed by atoms with Gasteiger partial charge in [0.15, 0.2) is 11.6 Å². The van der Waals surface area contributed by atoms with Crippen molar-refractivity contribution in [1.29, 1.82) is 0 Å². The van der Waals surface area contributed by atoms with E-state index in [2.05, 4.69) is 19.2 Å². The second-order valence-corrected chi connectivity index (χ2v) is 5.34. The SMILES string of the molecule is CC(C)CC1(c2ccc(F)c(F)c2)CCCN1. The zero-order valence-corrected chi connectivity index (χ0v) is 10.4. The maximum atomic E-state index is 13.3. The largest absolute Gasteiger partial charge is 0.307 e. The van der Waals surface area contributed by atoms with Crippen LogP contribution >= 0.6 is 0 Å². The lowest BCUT2D eigenvalue weighted by molar-refractivity contribution is 0.309. The summed E-state index contributed by atoms with van der Waals surface area (Å²) in [6.07, 6.45) is 3.04. The summed E-state index contributed by atoms with van der Waals surface area (Å²) in [5, 5.41) is 3.48. The van der Waals surface area contributed by atoms with Gasteiger partial charge in [-0.15, -0.1) is 0 Å². The quantitative estimate of drug-likeness (QED) is 0.850. The Kier molecular flexibility index (Phi) is 3.48. The van der Waals surface area contributed by atoms with E-state index in [1.807, 2.05) is 0 Å². The minimum Gasteiger partial charge on any atom is -0.307 e. The fourth-order valence-corrected chi connectivity index (χ4v) is 2.84. The van der Waals surface area contributed by atoms with E-state index in [4.69, 9.17) is 0 Å². The second-order valence-electron chi connectivity index (χ2n) is 5.34. The molecule has 1 nitrogen and oxygen atoms in total. The summed E-state index contributed by atoms with van der Waals surface area (Å²) in [5.41, 5.74) is 0.713. The Labute approximate surface area is 101 Å². The van der Waals surface area contributed by atoms with E-state index in [0.717, 1.165) is 31.4 Å². The molecule has 0 radical (unpaired) electrons. The van der Waals surface area contributed by atoms with Crippen molar-refractivity contribution in [2.24, 2.45) is 5.92 Å². The van der Waals surface area contributed by atoms with Crippen LogP contribution in [0.2, 0.25) is 0 Å². The van der Waals surface area contributed by atoms with Gasteiger partial charge in [0.2, 0.25) is 0 Å². The summed E-state index contributed by atoms with van der Waals surface area (Å²) < 4.78 is 26.3. The highest BCUT2D eigenvalue weighted by Crippen LogP contribution is 2.37. The molecule has 1 N–H and O–H groups in total. The first-order valence-electron chi connectivity index (χ1n) is 6.24. The van der Waals surface area contributed by atoms with Crippen LogP contribution in [0.1, 0.15) is 38.7 Å². The normalized spacial score (nSPS) is 24.5. The summed E-state index contributed by atoms with van der Waals surface area (Å²) in [5.74, 6) is -1.00. The van der Waals surface area contributed by atoms with Crippen LogP contribution in [0.5, 0.6) is 0 Å². The molecule has 0 aliphatic carbocycles. The molecule has 0 spiro atoms. The summed E-state index contributed by atoms with van der Waals surface area (Å²) >= 11 is 0. The Morgan fingerprint density at radius 1 is 1.29 bits per heavy atom. The first kappa shape index (κ1) is 12.5. The van der Waals surface area contributed by atoms with Crippen LogP contribution < -0.4 is 5.32 Å². The fraction of sp³-hybridized carbons (Fsp3) is 0.571. The Balaban J connectivity index is 2.35. The molecule has 1 aromatic rings. The van der Waals surface area contributed by atoms with Crippen LogP contribution in [0.25, 0.3) is 0 Å². The van der Waals surface area contributed by atoms with Gasteiger partial charge in [-0.1, -0.05) is 19.9 Å². The van der Waals surface area contributed by atoms with Gasteiger partial charge in [0, 0.05) is 5.54 Å². The topological polar surface area (TPSA) is 12.0 Å². The smallest absolute Gasteiger partial charge is 0.159 e. The van der Waals surface area contributed by atoms with Crippen LogP contribution in [-0.4, -0.2) is 6.54 Å². The standard InChI is InChI=1S/C14H19F2N/c1-10(2)9-14(6-3-7-17-14)11-4-5-12(15)13(16)8-11/h4-5,8,10,17H,3,6-7,9H2,1-2H3. The highest BCUT2D eigenvalue weighted by atomic mass is 19.2. The summed E-state index contributed by atoms with van der Waals surface area (Å²) in [6.45, 7) is 5.26. The van der Waals surface area contributed by atoms with E-state index in [-0.39, 0.29) is 5.54 Å². The summed E-state index contributed by atoms with van der Waals surface area (Å²) in [7, 11) is 0.